The first-order chi connectivity index (χ1) is 2.00. The molecule has 0 aromatic heterocycles. The molecule has 4 heavy (non-hydrogen) atoms. The molecule has 0 rings (SSSR count). The fraction of sp³-hybridized carbons (Fsp3) is 0. The van der Waals surface area contributed by atoms with E-state index in [0.717, 1.165) is 0 Å². The van der Waals surface area contributed by atoms with Crippen LogP contribution >= 0.6 is 0 Å². The van der Waals surface area contributed by atoms with Gasteiger partial charge in [-0.2, -0.15) is 0 Å². The van der Waals surface area contributed by atoms with Crippen molar-refractivity contribution >= 4 is 0 Å². The molecule has 0 atom stereocenters. The van der Waals surface area contributed by atoms with Crippen molar-refractivity contribution in [2.45, 2.75) is 0 Å². The third kappa shape index (κ3) is 0.000377. The van der Waals surface area contributed by atoms with Gasteiger partial charge in [0.1, 0.15) is 0 Å². The van der Waals surface area contributed by atoms with Gasteiger partial charge in [0, 0.05) is 0 Å². The Bertz CT molecular complexity index is 19.5. The van der Waals surface area contributed by atoms with Gasteiger partial charge in [0.15, 0.2) is 0 Å². The Labute approximate surface area is 24.9 Å². The molecule has 2 nitrogen and oxygen atoms in total. The van der Waals surface area contributed by atoms with Crippen LogP contribution < -0.4 is 0 Å². The van der Waals surface area contributed by atoms with Crippen LogP contribution in [-0.4, -0.2) is 0 Å². The lowest BCUT2D eigenvalue weighted by Crippen LogP contribution is -0.530. The molecule has 0 spiro atoms. The van der Waals surface area contributed by atoms with Gasteiger partial charge in [-0.1, -0.05) is 0 Å². The Hall–Kier alpha value is -1.02. The molecule has 0 amide bonds. The first-order valence-electron chi connectivity index (χ1n) is 0.447. The second-order valence-electron chi connectivity index (χ2n) is 0. The maximum Gasteiger partial charge on any atom is -0.488 e. The highest BCUT2D eigenvalue weighted by Crippen LogP contribution is 0.628. The van der Waals surface area contributed by atoms with E-state index in [-0.39, 0.29) is 0 Å². The summed E-state index contributed by atoms with van der Waals surface area (Å²) in [6.07, 6.45) is 0. The first kappa shape index (κ1) is 12.2. The van der Waals surface area contributed by atoms with E-state index in [4.69, 9.17) is 23.7 Å². The molecule has 0 saturated heterocycles. The average molecular weight is 52.0 g/mol. The van der Waals surface area contributed by atoms with E-state index in [1.54, 1.807) is 0 Å². The number of nitrogens with zero attached hydrogens (tertiary/aromatic N) is 2. The molecule has 0 saturated carbocycles. The van der Waals surface area contributed by atoms with Gasteiger partial charge in [0.05, 0.1) is 0 Å². The number of rotatable bonds is 0. The lowest BCUT2D eigenvalue weighted by Gasteiger charge is -1.08. The minimum absolute atomic E-state index is 4.75. The first-order valence-corrected chi connectivity index (χ1v) is 0.447. The van der Waals surface area contributed by atoms with Crippen LogP contribution in [0.3, 0.4) is 0 Å². The van der Waals surface area contributed by atoms with Crippen LogP contribution in [0, 0.1) is 23.7 Å². The van der Waals surface area contributed by atoms with Crippen LogP contribution in [0.25, 0.3) is 0 Å². The minimum Gasteiger partial charge on any atom is -0.512 e. The highest BCUT2D eigenvalue weighted by atomic mass is 14.2. The van der Waals surface area contributed by atoms with Gasteiger partial charge in [-0.05, 0) is 0 Å². The summed E-state index contributed by atoms with van der Waals surface area (Å²) in [7, 11) is 0. The summed E-state index contributed by atoms with van der Waals surface area (Å²) in [6.45, 7) is 9.50. The second kappa shape index (κ2) is 1.83. The zero-order chi connectivity index (χ0) is 4.00. The Morgan fingerprint density at radius 2 is 0.750 bits per heavy atom. The lowest BCUT2D eigenvalue weighted by molar-refractivity contribution is 1.53. The molecule has 0 bridgehead atoms. The molecule has 0 aliphatic carbocycles. The molecule has 0 aliphatic rings. The molecule has 0 aromatic carbocycles. The highest BCUT2D eigenvalue weighted by Gasteiger charge is 0.0795. The molecule has 0 aliphatic heterocycles. The topological polar surface area (TPSA) is 47.6 Å². The zero-order valence-corrected chi connectivity index (χ0v) is 1.89. The van der Waals surface area contributed by atoms with Crippen molar-refractivity contribution in [3.05, 3.63) is 13.1 Å². The van der Waals surface area contributed by atoms with Crippen molar-refractivity contribution in [2.24, 2.45) is 0 Å². The zero-order valence-electron chi connectivity index (χ0n) is 1.89. The fourth-order valence-electron chi connectivity index (χ4n) is 0. The maximum absolute atomic E-state index is 6.25. The third-order valence-corrected chi connectivity index (χ3v) is 0. The molecule has 0 radical (unpaired) electrons. The molecule has 0 aromatic rings. The number of hydrogen-bond donors (Lipinski definition) is 0. The third-order valence-electron chi connectivity index (χ3n) is 0. The summed E-state index contributed by atoms with van der Waals surface area (Å²) in [5.41, 5.74) is 0. The summed E-state index contributed by atoms with van der Waals surface area (Å²) >= 11 is 0. The maximum atomic E-state index is 6.25. The SMILES string of the molecule is [C-]#N.[C-]#N. The van der Waals surface area contributed by atoms with Crippen molar-refractivity contribution in [1.82, 2.24) is 0 Å². The molecule has 2 heteroatoms. The summed E-state index contributed by atoms with van der Waals surface area (Å²) in [6, 6.07) is 0. The quantitative estimate of drug-likeness (QED) is 0.369. The van der Waals surface area contributed by atoms with Crippen molar-refractivity contribution in [1.29, 1.82) is 10.5 Å². The summed E-state index contributed by atoms with van der Waals surface area (Å²) in [5, 5.41) is 12.5. The Balaban J connectivity index is 0. The van der Waals surface area contributed by atoms with E-state index in [0.29, 0.717) is 0 Å². The number of hydrogen-bond acceptors (Lipinski definition) is 2. The van der Waals surface area contributed by atoms with Crippen molar-refractivity contribution in [3.8, 4) is 0 Å². The van der Waals surface area contributed by atoms with Crippen molar-refractivity contribution in [3.63, 3.8) is 0 Å². The van der Waals surface area contributed by atoms with Crippen molar-refractivity contribution in [2.75, 3.05) is 0 Å². The molecule has 0 unspecified atom stereocenters. The molecule has 0 heterocycles. The predicted molar refractivity (Wildman–Crippen MR) is 9.94 cm³/mol. The molecule has 0 fully saturated rings. The Kier molecular flexibility index (Phi) is 5.56. The van der Waals surface area contributed by atoms with E-state index >= 15 is 0 Å². The Morgan fingerprint density at radius 3 is 0.750 bits per heavy atom. The fourth-order valence-corrected chi connectivity index (χ4v) is 0. The summed E-state index contributed by atoms with van der Waals surface area (Å²) < 4.78 is 0. The largest absolute Gasteiger partial charge is 0.512 e. The van der Waals surface area contributed by atoms with Gasteiger partial charge in [-0.25, -0.2) is 0 Å². The summed E-state index contributed by atoms with van der Waals surface area (Å²) in [5.74, 6) is 0. The molecule has 0 N–H and O–H groups in total. The molecular weight excluding hydrogens is 52.0 g/mol. The van der Waals surface area contributed by atoms with Crippen LogP contribution in [-0.2, 0) is 0 Å². The normalized spacial score (nSPS) is 1.00. The minimum atomic E-state index is 4.75. The van der Waals surface area contributed by atoms with Gasteiger partial charge in [-0.3, -0.25) is 0 Å². The molecule has 20 valence electrons. The van der Waals surface area contributed by atoms with Gasteiger partial charge in [0.25, 0.3) is 0 Å². The standard InChI is InChI=1S/2CN/c2*1-2/q2*-1. The van der Waals surface area contributed by atoms with Crippen LogP contribution in [0.2, 0.25) is 0 Å². The van der Waals surface area contributed by atoms with E-state index < -0.39 is 0 Å². The molecular formula is C2N2-2. The van der Waals surface area contributed by atoms with Gasteiger partial charge >= 0.3 is 0 Å². The van der Waals surface area contributed by atoms with Crippen LogP contribution in [0.5, 0.6) is 0 Å². The van der Waals surface area contributed by atoms with Gasteiger partial charge < -0.3 is 23.7 Å². The average Bonchev–Trinajstić information content (AvgIpc) is 1.50. The smallest absolute Gasteiger partial charge is 0.488 e. The van der Waals surface area contributed by atoms with E-state index in [1.165, 1.54) is 0 Å². The van der Waals surface area contributed by atoms with E-state index in [2.05, 4.69) is 0 Å². The van der Waals surface area contributed by atoms with E-state index in [9.17, 15) is 0 Å². The van der Waals surface area contributed by atoms with Crippen LogP contribution in [0.4, 0.5) is 0 Å². The Morgan fingerprint density at radius 1 is 0.750 bits per heavy atom. The second-order valence-corrected chi connectivity index (χ2v) is 0. The van der Waals surface area contributed by atoms with Crippen LogP contribution in [0.1, 0.15) is 0 Å². The monoisotopic (exact) mass is 52.0 g/mol. The van der Waals surface area contributed by atoms with Gasteiger partial charge in [-0.15, -0.1) is 0 Å². The van der Waals surface area contributed by atoms with Crippen molar-refractivity contribution < 1.29 is 0 Å². The highest BCUT2D eigenvalue weighted by molar-refractivity contribution is 3.44. The van der Waals surface area contributed by atoms with E-state index in [1.807, 2.05) is 0 Å². The van der Waals surface area contributed by atoms with Gasteiger partial charge in [0.2, 0.25) is 0 Å². The lowest BCUT2D eigenvalue weighted by atomic mass is 11.9. The summed E-state index contributed by atoms with van der Waals surface area (Å²) in [4.78, 5) is 0. The predicted octanol–water partition coefficient (Wildman–Crippen LogP) is 0.193. The van der Waals surface area contributed by atoms with Crippen LogP contribution in [0.15, 0.2) is 0 Å².